The first-order valence-corrected chi connectivity index (χ1v) is 29.8. The molecule has 1 aromatic carbocycles. The Kier molecular flexibility index (Phi) is 19.2. The van der Waals surface area contributed by atoms with Gasteiger partial charge >= 0.3 is 0 Å². The molecule has 5 atom stereocenters. The lowest BCUT2D eigenvalue weighted by Gasteiger charge is -2.40. The van der Waals surface area contributed by atoms with E-state index in [0.29, 0.717) is 6.61 Å². The van der Waals surface area contributed by atoms with Gasteiger partial charge in [0.2, 0.25) is 0 Å². The topological polar surface area (TPSA) is 46.2 Å². The summed E-state index contributed by atoms with van der Waals surface area (Å²) in [6.07, 6.45) is 18.8. The third-order valence-corrected chi connectivity index (χ3v) is 26.0. The second-order valence-electron chi connectivity index (χ2n) is 20.2. The molecule has 0 saturated carbocycles. The van der Waals surface area contributed by atoms with Crippen LogP contribution in [0.25, 0.3) is 0 Å². The van der Waals surface area contributed by atoms with Crippen molar-refractivity contribution in [1.82, 2.24) is 0 Å². The third-order valence-electron chi connectivity index (χ3n) is 12.5. The van der Waals surface area contributed by atoms with Crippen LogP contribution in [0.3, 0.4) is 0 Å². The van der Waals surface area contributed by atoms with Crippen LogP contribution >= 0.6 is 0 Å². The Bertz CT molecular complexity index is 1220. The van der Waals surface area contributed by atoms with Crippen molar-refractivity contribution >= 4 is 25.0 Å². The smallest absolute Gasteiger partial charge is 0.193 e. The highest BCUT2D eigenvalue weighted by Crippen LogP contribution is 2.43. The van der Waals surface area contributed by atoms with Crippen molar-refractivity contribution in [2.75, 3.05) is 6.61 Å². The normalized spacial score (nSPS) is 20.9. The fourth-order valence-electron chi connectivity index (χ4n) is 5.76. The van der Waals surface area contributed by atoms with Crippen molar-refractivity contribution in [3.05, 3.63) is 60.2 Å². The van der Waals surface area contributed by atoms with Crippen LogP contribution in [0.2, 0.25) is 54.4 Å². The van der Waals surface area contributed by atoms with Crippen LogP contribution in [0, 0.1) is 0 Å². The SMILES string of the molecule is CCCCC[C@H](/C=C/[C@@H](O[Si](C)(C)C(C)(C)C)[C@@H]1C[C@H](O[Si](C)(C)C(C)(C)C)[C@H](C/C=C\CCCCOCc2ccccc2)O1)O[Si](C)(C)C(C)(C)C. The van der Waals surface area contributed by atoms with Crippen LogP contribution < -0.4 is 0 Å². The minimum absolute atomic E-state index is 0.00216. The van der Waals surface area contributed by atoms with Gasteiger partial charge in [0.05, 0.1) is 37.1 Å². The Morgan fingerprint density at radius 2 is 1.34 bits per heavy atom. The lowest BCUT2D eigenvalue weighted by Crippen LogP contribution is -2.47. The fourth-order valence-corrected chi connectivity index (χ4v) is 9.69. The molecule has 1 saturated heterocycles. The Labute approximate surface area is 331 Å². The van der Waals surface area contributed by atoms with Crippen LogP contribution in [0.5, 0.6) is 0 Å². The van der Waals surface area contributed by atoms with E-state index in [9.17, 15) is 0 Å². The summed E-state index contributed by atoms with van der Waals surface area (Å²) in [6.45, 7) is 39.0. The molecule has 0 unspecified atom stereocenters. The van der Waals surface area contributed by atoms with Gasteiger partial charge in [-0.3, -0.25) is 0 Å². The van der Waals surface area contributed by atoms with Crippen LogP contribution in [0.4, 0.5) is 0 Å². The van der Waals surface area contributed by atoms with E-state index in [1.807, 2.05) is 6.07 Å². The summed E-state index contributed by atoms with van der Waals surface area (Å²) in [6, 6.07) is 10.4. The molecule has 2 rings (SSSR count). The molecule has 306 valence electrons. The zero-order chi connectivity index (χ0) is 40.1. The van der Waals surface area contributed by atoms with Crippen molar-refractivity contribution in [1.29, 1.82) is 0 Å². The fraction of sp³-hybridized carbons (Fsp3) is 0.778. The third kappa shape index (κ3) is 16.3. The molecule has 1 heterocycles. The molecule has 0 aliphatic carbocycles. The highest BCUT2D eigenvalue weighted by Gasteiger charge is 2.48. The van der Waals surface area contributed by atoms with Crippen molar-refractivity contribution in [2.24, 2.45) is 0 Å². The minimum atomic E-state index is -2.13. The Balaban J connectivity index is 2.28. The average molecular weight is 789 g/mol. The molecule has 1 fully saturated rings. The van der Waals surface area contributed by atoms with Crippen molar-refractivity contribution < 1.29 is 22.8 Å². The maximum absolute atomic E-state index is 7.28. The second-order valence-corrected chi connectivity index (χ2v) is 34.5. The van der Waals surface area contributed by atoms with Gasteiger partial charge in [-0.2, -0.15) is 0 Å². The number of hydrogen-bond donors (Lipinski definition) is 0. The van der Waals surface area contributed by atoms with E-state index in [-0.39, 0.29) is 45.6 Å². The minimum Gasteiger partial charge on any atom is -0.411 e. The summed E-state index contributed by atoms with van der Waals surface area (Å²) >= 11 is 0. The number of allylic oxidation sites excluding steroid dienone is 1. The van der Waals surface area contributed by atoms with Crippen LogP contribution in [-0.4, -0.2) is 62.1 Å². The summed E-state index contributed by atoms with van der Waals surface area (Å²) in [7, 11) is -6.13. The molecule has 0 N–H and O–H groups in total. The molecule has 53 heavy (non-hydrogen) atoms. The molecule has 0 spiro atoms. The van der Waals surface area contributed by atoms with Gasteiger partial charge in [-0.05, 0) is 92.1 Å². The predicted octanol–water partition coefficient (Wildman–Crippen LogP) is 13.8. The van der Waals surface area contributed by atoms with E-state index in [2.05, 4.69) is 157 Å². The quantitative estimate of drug-likeness (QED) is 0.0665. The molecule has 0 bridgehead atoms. The van der Waals surface area contributed by atoms with Crippen molar-refractivity contribution in [3.8, 4) is 0 Å². The number of rotatable bonds is 22. The maximum Gasteiger partial charge on any atom is 0.193 e. The van der Waals surface area contributed by atoms with E-state index in [0.717, 1.165) is 45.1 Å². The summed E-state index contributed by atoms with van der Waals surface area (Å²) < 4.78 is 34.5. The van der Waals surface area contributed by atoms with E-state index in [4.69, 9.17) is 22.8 Å². The summed E-state index contributed by atoms with van der Waals surface area (Å²) in [4.78, 5) is 0. The first-order chi connectivity index (χ1) is 24.4. The molecule has 1 aliphatic heterocycles. The maximum atomic E-state index is 7.28. The molecule has 0 amide bonds. The van der Waals surface area contributed by atoms with E-state index in [1.54, 1.807) is 0 Å². The number of ether oxygens (including phenoxy) is 2. The van der Waals surface area contributed by atoms with Crippen molar-refractivity contribution in [3.63, 3.8) is 0 Å². The Morgan fingerprint density at radius 3 is 1.92 bits per heavy atom. The lowest BCUT2D eigenvalue weighted by atomic mass is 10.0. The second kappa shape index (κ2) is 21.1. The highest BCUT2D eigenvalue weighted by atomic mass is 28.4. The molecular weight excluding hydrogens is 705 g/mol. The first-order valence-electron chi connectivity index (χ1n) is 21.0. The first kappa shape index (κ1) is 48.3. The lowest BCUT2D eigenvalue weighted by molar-refractivity contribution is -0.0226. The Hall–Kier alpha value is -0.849. The van der Waals surface area contributed by atoms with E-state index >= 15 is 0 Å². The molecular formula is C45H84O5Si3. The van der Waals surface area contributed by atoms with Gasteiger partial charge < -0.3 is 22.8 Å². The molecule has 1 aliphatic rings. The zero-order valence-corrected chi connectivity index (χ0v) is 40.4. The van der Waals surface area contributed by atoms with E-state index in [1.165, 1.54) is 24.8 Å². The molecule has 0 aromatic heterocycles. The average Bonchev–Trinajstić information content (AvgIpc) is 3.42. The standard InChI is InChI=1S/C45H84O5Si3/c1-17-18-23-30-38(48-51(11,12)43(2,3)4)32-33-40(49-52(13,14)44(5,6)7)41-35-42(50-53(15,16)45(8,9)10)39(47-41)31-26-20-19-21-27-34-46-36-37-28-24-22-25-29-37/h20,22,24-26,28-29,32-33,38-42H,17-19,21,23,27,30-31,34-36H2,1-16H3/b26-20-,33-32+/t38-,39+,40-,41+,42+/m1/s1. The molecule has 1 aromatic rings. The van der Waals surface area contributed by atoms with Crippen LogP contribution in [0.15, 0.2) is 54.6 Å². The number of unbranched alkanes of at least 4 members (excludes halogenated alkanes) is 4. The molecule has 0 radical (unpaired) electrons. The van der Waals surface area contributed by atoms with Crippen LogP contribution in [0.1, 0.15) is 133 Å². The summed E-state index contributed by atoms with van der Waals surface area (Å²) in [5.41, 5.74) is 1.23. The van der Waals surface area contributed by atoms with Crippen molar-refractivity contribution in [2.45, 2.75) is 219 Å². The number of hydrogen-bond acceptors (Lipinski definition) is 5. The summed E-state index contributed by atoms with van der Waals surface area (Å²) in [5.74, 6) is 0. The molecule has 5 nitrogen and oxygen atoms in total. The predicted molar refractivity (Wildman–Crippen MR) is 236 cm³/mol. The van der Waals surface area contributed by atoms with Crippen LogP contribution in [-0.2, 0) is 29.4 Å². The van der Waals surface area contributed by atoms with Gasteiger partial charge in [0.15, 0.2) is 25.0 Å². The Morgan fingerprint density at radius 1 is 0.736 bits per heavy atom. The highest BCUT2D eigenvalue weighted by molar-refractivity contribution is 6.75. The molecule has 8 heteroatoms. The van der Waals surface area contributed by atoms with E-state index < -0.39 is 25.0 Å². The van der Waals surface area contributed by atoms with Gasteiger partial charge in [-0.25, -0.2) is 0 Å². The largest absolute Gasteiger partial charge is 0.411 e. The zero-order valence-electron chi connectivity index (χ0n) is 37.4. The van der Waals surface area contributed by atoms with Gasteiger partial charge in [-0.15, -0.1) is 0 Å². The van der Waals surface area contributed by atoms with Gasteiger partial charge in [0.25, 0.3) is 0 Å². The van der Waals surface area contributed by atoms with Gasteiger partial charge in [0.1, 0.15) is 0 Å². The number of benzene rings is 1. The van der Waals surface area contributed by atoms with Gasteiger partial charge in [-0.1, -0.05) is 143 Å². The summed E-state index contributed by atoms with van der Waals surface area (Å²) in [5, 5.41) is 0.361. The monoisotopic (exact) mass is 789 g/mol. The van der Waals surface area contributed by atoms with Gasteiger partial charge in [0, 0.05) is 13.0 Å².